The fraction of sp³-hybridized carbons (Fsp3) is 0.300. The molecule has 3 heteroatoms. The minimum Gasteiger partial charge on any atom is -0.290 e. The van der Waals surface area contributed by atoms with E-state index in [4.69, 9.17) is 11.8 Å². The van der Waals surface area contributed by atoms with Gasteiger partial charge in [-0.25, -0.2) is 4.42 Å². The lowest BCUT2D eigenvalue weighted by Gasteiger charge is -2.26. The predicted octanol–water partition coefficient (Wildman–Crippen LogP) is 1.85. The molecule has 0 spiro atoms. The molecule has 2 rings (SSSR count). The zero-order valence-electron chi connectivity index (χ0n) is 7.03. The van der Waals surface area contributed by atoms with E-state index in [2.05, 4.69) is 0 Å². The quantitative estimate of drug-likeness (QED) is 0.636. The molecule has 1 aromatic rings. The molecular weight excluding hydrogens is 186 g/mol. The SMILES string of the molecule is O=[C]C1CN(Cl)Cc2ccccc21. The van der Waals surface area contributed by atoms with E-state index < -0.39 is 0 Å². The number of hydrogen-bond acceptors (Lipinski definition) is 2. The molecule has 1 unspecified atom stereocenters. The Morgan fingerprint density at radius 3 is 3.00 bits per heavy atom. The average Bonchev–Trinajstić information content (AvgIpc) is 2.16. The molecule has 67 valence electrons. The Kier molecular flexibility index (Phi) is 2.34. The van der Waals surface area contributed by atoms with Gasteiger partial charge in [-0.1, -0.05) is 24.3 Å². The first-order chi connectivity index (χ1) is 6.31. The van der Waals surface area contributed by atoms with Gasteiger partial charge in [-0.2, -0.15) is 0 Å². The number of hydrogen-bond donors (Lipinski definition) is 0. The van der Waals surface area contributed by atoms with Crippen LogP contribution >= 0.6 is 11.8 Å². The van der Waals surface area contributed by atoms with Crippen molar-refractivity contribution in [1.82, 2.24) is 4.42 Å². The third-order valence-corrected chi connectivity index (χ3v) is 2.55. The van der Waals surface area contributed by atoms with Gasteiger partial charge in [-0.3, -0.25) is 4.79 Å². The average molecular weight is 195 g/mol. The summed E-state index contributed by atoms with van der Waals surface area (Å²) in [6.07, 6.45) is 2.01. The van der Waals surface area contributed by atoms with Gasteiger partial charge >= 0.3 is 0 Å². The summed E-state index contributed by atoms with van der Waals surface area (Å²) in [4.78, 5) is 10.7. The molecule has 1 aliphatic rings. The fourth-order valence-corrected chi connectivity index (χ4v) is 1.93. The fourth-order valence-electron chi connectivity index (χ4n) is 1.66. The Bertz CT molecular complexity index is 326. The van der Waals surface area contributed by atoms with Gasteiger partial charge in [0, 0.05) is 13.1 Å². The zero-order chi connectivity index (χ0) is 9.26. The molecule has 13 heavy (non-hydrogen) atoms. The second-order valence-corrected chi connectivity index (χ2v) is 3.65. The zero-order valence-corrected chi connectivity index (χ0v) is 7.79. The lowest BCUT2D eigenvalue weighted by molar-refractivity contribution is 0.405. The van der Waals surface area contributed by atoms with Crippen molar-refractivity contribution in [3.05, 3.63) is 35.4 Å². The lowest BCUT2D eigenvalue weighted by Crippen LogP contribution is -2.27. The third-order valence-electron chi connectivity index (χ3n) is 2.30. The van der Waals surface area contributed by atoms with Crippen molar-refractivity contribution in [2.24, 2.45) is 0 Å². The molecule has 0 saturated carbocycles. The molecular formula is C10H9ClNO. The summed E-state index contributed by atoms with van der Waals surface area (Å²) in [5.74, 6) is -0.192. The number of benzene rings is 1. The molecule has 0 saturated heterocycles. The van der Waals surface area contributed by atoms with Gasteiger partial charge in [0.2, 0.25) is 6.29 Å². The molecule has 1 aromatic carbocycles. The van der Waals surface area contributed by atoms with E-state index in [9.17, 15) is 4.79 Å². The first kappa shape index (κ1) is 8.73. The monoisotopic (exact) mass is 194 g/mol. The van der Waals surface area contributed by atoms with Crippen molar-refractivity contribution >= 4 is 18.1 Å². The molecule has 0 aromatic heterocycles. The van der Waals surface area contributed by atoms with Crippen molar-refractivity contribution in [2.75, 3.05) is 6.54 Å². The van der Waals surface area contributed by atoms with E-state index in [1.54, 1.807) is 4.42 Å². The van der Waals surface area contributed by atoms with Crippen LogP contribution in [-0.4, -0.2) is 17.2 Å². The second-order valence-electron chi connectivity index (χ2n) is 3.17. The van der Waals surface area contributed by atoms with E-state index in [0.717, 1.165) is 11.1 Å². The Labute approximate surface area is 82.2 Å². The van der Waals surface area contributed by atoms with Crippen LogP contribution in [0.4, 0.5) is 0 Å². The third kappa shape index (κ3) is 1.60. The first-order valence-electron chi connectivity index (χ1n) is 4.17. The number of halogens is 1. The summed E-state index contributed by atoms with van der Waals surface area (Å²) in [5.41, 5.74) is 2.19. The highest BCUT2D eigenvalue weighted by Gasteiger charge is 2.23. The largest absolute Gasteiger partial charge is 0.290 e. The Hall–Kier alpha value is -0.860. The van der Waals surface area contributed by atoms with Crippen LogP contribution in [-0.2, 0) is 11.3 Å². The first-order valence-corrected chi connectivity index (χ1v) is 4.51. The van der Waals surface area contributed by atoms with Gasteiger partial charge in [0.05, 0.1) is 5.92 Å². The van der Waals surface area contributed by atoms with E-state index >= 15 is 0 Å². The molecule has 0 aliphatic carbocycles. The lowest BCUT2D eigenvalue weighted by atomic mass is 9.92. The predicted molar refractivity (Wildman–Crippen MR) is 51.1 cm³/mol. The molecule has 1 radical (unpaired) electrons. The second kappa shape index (κ2) is 3.48. The van der Waals surface area contributed by atoms with Crippen LogP contribution in [0.2, 0.25) is 0 Å². The molecule has 2 nitrogen and oxygen atoms in total. The van der Waals surface area contributed by atoms with Gasteiger partial charge < -0.3 is 0 Å². The van der Waals surface area contributed by atoms with Crippen LogP contribution in [0.15, 0.2) is 24.3 Å². The van der Waals surface area contributed by atoms with Crippen molar-refractivity contribution in [1.29, 1.82) is 0 Å². The molecule has 1 atom stereocenters. The number of carbonyl (C=O) groups excluding carboxylic acids is 1. The maximum Gasteiger partial charge on any atom is 0.207 e. The highest BCUT2D eigenvalue weighted by molar-refractivity contribution is 6.13. The van der Waals surface area contributed by atoms with Gasteiger partial charge in [0.1, 0.15) is 0 Å². The normalized spacial score (nSPS) is 22.4. The summed E-state index contributed by atoms with van der Waals surface area (Å²) in [6.45, 7) is 1.26. The summed E-state index contributed by atoms with van der Waals surface area (Å²) < 4.78 is 1.62. The van der Waals surface area contributed by atoms with Gasteiger partial charge in [0.25, 0.3) is 0 Å². The number of fused-ring (bicyclic) bond motifs is 1. The van der Waals surface area contributed by atoms with Crippen molar-refractivity contribution in [3.63, 3.8) is 0 Å². The van der Waals surface area contributed by atoms with Crippen LogP contribution in [0.3, 0.4) is 0 Å². The maximum atomic E-state index is 10.7. The highest BCUT2D eigenvalue weighted by atomic mass is 35.5. The summed E-state index contributed by atoms with van der Waals surface area (Å²) >= 11 is 5.87. The molecule has 1 heterocycles. The minimum absolute atomic E-state index is 0.192. The highest BCUT2D eigenvalue weighted by Crippen LogP contribution is 2.27. The van der Waals surface area contributed by atoms with Crippen LogP contribution in [0.5, 0.6) is 0 Å². The maximum absolute atomic E-state index is 10.7. The summed E-state index contributed by atoms with van der Waals surface area (Å²) in [5, 5.41) is 0. The van der Waals surface area contributed by atoms with E-state index in [1.807, 2.05) is 30.6 Å². The van der Waals surface area contributed by atoms with Crippen LogP contribution in [0.1, 0.15) is 17.0 Å². The van der Waals surface area contributed by atoms with Gasteiger partial charge in [-0.05, 0) is 22.9 Å². The van der Waals surface area contributed by atoms with Crippen molar-refractivity contribution in [2.45, 2.75) is 12.5 Å². The molecule has 0 N–H and O–H groups in total. The van der Waals surface area contributed by atoms with E-state index in [-0.39, 0.29) is 5.92 Å². The minimum atomic E-state index is -0.192. The molecule has 0 fully saturated rings. The Morgan fingerprint density at radius 1 is 1.46 bits per heavy atom. The van der Waals surface area contributed by atoms with Crippen LogP contribution in [0.25, 0.3) is 0 Å². The Balaban J connectivity index is 2.42. The van der Waals surface area contributed by atoms with Crippen LogP contribution < -0.4 is 0 Å². The number of nitrogens with zero attached hydrogens (tertiary/aromatic N) is 1. The molecule has 1 aliphatic heterocycles. The van der Waals surface area contributed by atoms with Gasteiger partial charge in [-0.15, -0.1) is 0 Å². The van der Waals surface area contributed by atoms with Gasteiger partial charge in [0.15, 0.2) is 0 Å². The van der Waals surface area contributed by atoms with Crippen molar-refractivity contribution < 1.29 is 4.79 Å². The smallest absolute Gasteiger partial charge is 0.207 e. The van der Waals surface area contributed by atoms with Crippen molar-refractivity contribution in [3.8, 4) is 0 Å². The Morgan fingerprint density at radius 2 is 2.23 bits per heavy atom. The standard InChI is InChI=1S/C10H9ClNO/c11-12-5-8-3-1-2-4-10(8)9(6-12)7-13/h1-4,9H,5-6H2. The topological polar surface area (TPSA) is 20.3 Å². The van der Waals surface area contributed by atoms with E-state index in [0.29, 0.717) is 13.1 Å². The number of rotatable bonds is 1. The van der Waals surface area contributed by atoms with Crippen LogP contribution in [0, 0.1) is 0 Å². The summed E-state index contributed by atoms with van der Waals surface area (Å²) in [6, 6.07) is 7.85. The van der Waals surface area contributed by atoms with E-state index in [1.165, 1.54) is 0 Å². The molecule has 0 amide bonds. The summed E-state index contributed by atoms with van der Waals surface area (Å²) in [7, 11) is 0. The molecule has 0 bridgehead atoms.